The van der Waals surface area contributed by atoms with E-state index in [1.165, 1.54) is 28.6 Å². The first-order valence-electron chi connectivity index (χ1n) is 10.1. The van der Waals surface area contributed by atoms with E-state index >= 15 is 0 Å². The summed E-state index contributed by atoms with van der Waals surface area (Å²) in [5.74, 6) is 0.803. The maximum Gasteiger partial charge on any atom is 0.246 e. The number of rotatable bonds is 4. The molecule has 3 heterocycles. The number of sulfonamides is 1. The van der Waals surface area contributed by atoms with Crippen LogP contribution < -0.4 is 9.80 Å². The SMILES string of the molecule is Cc1cc(N2CCN(C)CC2)nc(N2CCN(S(=O)(=O)c3ccccc3F)CC2)n1. The lowest BCUT2D eigenvalue weighted by Crippen LogP contribution is -2.49. The van der Waals surface area contributed by atoms with Crippen molar-refractivity contribution in [1.29, 1.82) is 0 Å². The van der Waals surface area contributed by atoms with Crippen LogP contribution in [0.25, 0.3) is 0 Å². The van der Waals surface area contributed by atoms with Crippen molar-refractivity contribution in [3.05, 3.63) is 41.8 Å². The number of hydrogen-bond acceptors (Lipinski definition) is 7. The fraction of sp³-hybridized carbons (Fsp3) is 0.500. The number of hydrogen-bond donors (Lipinski definition) is 0. The maximum absolute atomic E-state index is 14.0. The number of anilines is 2. The van der Waals surface area contributed by atoms with Crippen LogP contribution in [0.4, 0.5) is 16.2 Å². The second kappa shape index (κ2) is 8.44. The van der Waals surface area contributed by atoms with Gasteiger partial charge in [-0.1, -0.05) is 12.1 Å². The van der Waals surface area contributed by atoms with Crippen LogP contribution in [0, 0.1) is 12.7 Å². The van der Waals surface area contributed by atoms with Crippen LogP contribution >= 0.6 is 0 Å². The molecule has 10 heteroatoms. The van der Waals surface area contributed by atoms with Gasteiger partial charge in [-0.25, -0.2) is 17.8 Å². The molecule has 2 fully saturated rings. The first kappa shape index (κ1) is 21.0. The Labute approximate surface area is 177 Å². The van der Waals surface area contributed by atoms with Gasteiger partial charge in [0, 0.05) is 64.1 Å². The highest BCUT2D eigenvalue weighted by Gasteiger charge is 2.31. The van der Waals surface area contributed by atoms with E-state index in [9.17, 15) is 12.8 Å². The average Bonchev–Trinajstić information content (AvgIpc) is 2.74. The van der Waals surface area contributed by atoms with Gasteiger partial charge < -0.3 is 14.7 Å². The molecule has 1 aromatic heterocycles. The standard InChI is InChI=1S/C20H27FN6O2S/c1-16-15-19(25-9-7-24(2)8-10-25)23-20(22-16)26-11-13-27(14-12-26)30(28,29)18-6-4-3-5-17(18)21/h3-6,15H,7-14H2,1-2H3. The normalized spacial score (nSPS) is 19.3. The molecule has 0 N–H and O–H groups in total. The second-order valence-electron chi connectivity index (χ2n) is 7.78. The van der Waals surface area contributed by atoms with Crippen molar-refractivity contribution in [2.24, 2.45) is 0 Å². The molecule has 0 amide bonds. The van der Waals surface area contributed by atoms with Crippen molar-refractivity contribution in [2.75, 3.05) is 69.2 Å². The fourth-order valence-corrected chi connectivity index (χ4v) is 5.28. The van der Waals surface area contributed by atoms with Crippen molar-refractivity contribution in [2.45, 2.75) is 11.8 Å². The van der Waals surface area contributed by atoms with Gasteiger partial charge in [0.2, 0.25) is 16.0 Å². The number of likely N-dealkylation sites (N-methyl/N-ethyl adjacent to an activating group) is 1. The smallest absolute Gasteiger partial charge is 0.246 e. The second-order valence-corrected chi connectivity index (χ2v) is 9.69. The summed E-state index contributed by atoms with van der Waals surface area (Å²) in [5, 5.41) is 0. The van der Waals surface area contributed by atoms with Crippen LogP contribution in [0.5, 0.6) is 0 Å². The average molecular weight is 435 g/mol. The van der Waals surface area contributed by atoms with Gasteiger partial charge in [-0.05, 0) is 26.1 Å². The van der Waals surface area contributed by atoms with Crippen LogP contribution in [-0.4, -0.2) is 87.0 Å². The summed E-state index contributed by atoms with van der Waals surface area (Å²) in [7, 11) is -1.75. The summed E-state index contributed by atoms with van der Waals surface area (Å²) < 4.78 is 41.0. The van der Waals surface area contributed by atoms with Crippen LogP contribution in [0.2, 0.25) is 0 Å². The fourth-order valence-electron chi connectivity index (χ4n) is 3.80. The Balaban J connectivity index is 1.47. The molecule has 4 rings (SSSR count). The molecule has 30 heavy (non-hydrogen) atoms. The van der Waals surface area contributed by atoms with E-state index < -0.39 is 15.8 Å². The Morgan fingerprint density at radius 1 is 0.900 bits per heavy atom. The minimum absolute atomic E-state index is 0.262. The molecule has 0 spiro atoms. The number of benzene rings is 1. The van der Waals surface area contributed by atoms with Crippen molar-refractivity contribution in [1.82, 2.24) is 19.2 Å². The van der Waals surface area contributed by atoms with Gasteiger partial charge in [0.15, 0.2) is 0 Å². The molecule has 0 saturated carbocycles. The van der Waals surface area contributed by atoms with E-state index in [1.54, 1.807) is 0 Å². The zero-order chi connectivity index (χ0) is 21.3. The molecule has 162 valence electrons. The summed E-state index contributed by atoms with van der Waals surface area (Å²) in [6.45, 7) is 7.20. The molecular weight excluding hydrogens is 407 g/mol. The van der Waals surface area contributed by atoms with E-state index in [1.807, 2.05) is 17.9 Å². The van der Waals surface area contributed by atoms with Gasteiger partial charge >= 0.3 is 0 Å². The minimum Gasteiger partial charge on any atom is -0.354 e. The predicted octanol–water partition coefficient (Wildman–Crippen LogP) is 1.19. The molecule has 2 aromatic rings. The number of aromatic nitrogens is 2. The van der Waals surface area contributed by atoms with Gasteiger partial charge in [-0.15, -0.1) is 0 Å². The molecule has 2 aliphatic heterocycles. The van der Waals surface area contributed by atoms with Crippen molar-refractivity contribution < 1.29 is 12.8 Å². The highest BCUT2D eigenvalue weighted by Crippen LogP contribution is 2.23. The first-order chi connectivity index (χ1) is 14.3. The third kappa shape index (κ3) is 4.26. The van der Waals surface area contributed by atoms with Crippen LogP contribution in [-0.2, 0) is 10.0 Å². The van der Waals surface area contributed by atoms with E-state index in [2.05, 4.69) is 21.8 Å². The summed E-state index contributed by atoms with van der Waals surface area (Å²) >= 11 is 0. The van der Waals surface area contributed by atoms with E-state index in [0.29, 0.717) is 19.0 Å². The summed E-state index contributed by atoms with van der Waals surface area (Å²) in [6, 6.07) is 7.49. The molecule has 0 radical (unpaired) electrons. The molecular formula is C20H27FN6O2S. The number of halogens is 1. The van der Waals surface area contributed by atoms with E-state index in [0.717, 1.165) is 37.7 Å². The van der Waals surface area contributed by atoms with Crippen molar-refractivity contribution in [3.8, 4) is 0 Å². The first-order valence-corrected chi connectivity index (χ1v) is 11.6. The van der Waals surface area contributed by atoms with Crippen molar-refractivity contribution in [3.63, 3.8) is 0 Å². The van der Waals surface area contributed by atoms with E-state index in [-0.39, 0.29) is 18.0 Å². The van der Waals surface area contributed by atoms with Gasteiger partial charge in [-0.2, -0.15) is 9.29 Å². The monoisotopic (exact) mass is 434 g/mol. The molecule has 0 bridgehead atoms. The third-order valence-corrected chi connectivity index (χ3v) is 7.56. The Bertz CT molecular complexity index is 1000. The highest BCUT2D eigenvalue weighted by atomic mass is 32.2. The summed E-state index contributed by atoms with van der Waals surface area (Å²) in [4.78, 5) is 15.6. The lowest BCUT2D eigenvalue weighted by Gasteiger charge is -2.36. The Morgan fingerprint density at radius 3 is 2.20 bits per heavy atom. The van der Waals surface area contributed by atoms with E-state index in [4.69, 9.17) is 4.98 Å². The van der Waals surface area contributed by atoms with Gasteiger partial charge in [0.05, 0.1) is 0 Å². The molecule has 2 aliphatic rings. The van der Waals surface area contributed by atoms with Gasteiger partial charge in [0.25, 0.3) is 0 Å². The number of piperazine rings is 2. The topological polar surface area (TPSA) is 72.9 Å². The maximum atomic E-state index is 14.0. The lowest BCUT2D eigenvalue weighted by molar-refractivity contribution is 0.312. The number of aryl methyl sites for hydroxylation is 1. The molecule has 2 saturated heterocycles. The highest BCUT2D eigenvalue weighted by molar-refractivity contribution is 7.89. The molecule has 0 atom stereocenters. The quantitative estimate of drug-likeness (QED) is 0.716. The minimum atomic E-state index is -3.86. The largest absolute Gasteiger partial charge is 0.354 e. The Hall–Kier alpha value is -2.30. The Kier molecular flexibility index (Phi) is 5.90. The van der Waals surface area contributed by atoms with Crippen LogP contribution in [0.1, 0.15) is 5.69 Å². The summed E-state index contributed by atoms with van der Waals surface area (Å²) in [6.07, 6.45) is 0. The van der Waals surface area contributed by atoms with Crippen molar-refractivity contribution >= 4 is 21.8 Å². The van der Waals surface area contributed by atoms with Gasteiger partial charge in [-0.3, -0.25) is 0 Å². The zero-order valence-electron chi connectivity index (χ0n) is 17.3. The zero-order valence-corrected chi connectivity index (χ0v) is 18.1. The molecule has 0 unspecified atom stereocenters. The molecule has 0 aliphatic carbocycles. The van der Waals surface area contributed by atoms with Crippen LogP contribution in [0.15, 0.2) is 35.2 Å². The molecule has 1 aromatic carbocycles. The number of nitrogens with zero attached hydrogens (tertiary/aromatic N) is 6. The van der Waals surface area contributed by atoms with Gasteiger partial charge in [0.1, 0.15) is 16.5 Å². The Morgan fingerprint density at radius 2 is 1.53 bits per heavy atom. The van der Waals surface area contributed by atoms with Crippen LogP contribution in [0.3, 0.4) is 0 Å². The summed E-state index contributed by atoms with van der Waals surface area (Å²) in [5.41, 5.74) is 0.885. The lowest BCUT2D eigenvalue weighted by atomic mass is 10.3. The predicted molar refractivity (Wildman–Crippen MR) is 114 cm³/mol. The molecule has 8 nitrogen and oxygen atoms in total. The third-order valence-electron chi connectivity index (χ3n) is 5.63.